The zero-order chi connectivity index (χ0) is 29.7. The number of hydrogen-bond donors (Lipinski definition) is 2. The lowest BCUT2D eigenvalue weighted by molar-refractivity contribution is 0.114. The number of nitriles is 1. The molecular formula is C31H35FN8O3. The number of aliphatic hydroxyl groups is 1. The molecule has 2 bridgehead atoms. The molecule has 2 fully saturated rings. The molecule has 3 aliphatic rings. The molecule has 4 aromatic rings. The summed E-state index contributed by atoms with van der Waals surface area (Å²) in [6.45, 7) is 4.52. The van der Waals surface area contributed by atoms with Gasteiger partial charge in [-0.3, -0.25) is 14.6 Å². The van der Waals surface area contributed by atoms with Crippen molar-refractivity contribution >= 4 is 5.52 Å². The highest BCUT2D eigenvalue weighted by atomic mass is 19.1. The summed E-state index contributed by atoms with van der Waals surface area (Å²) in [5, 5.41) is 31.8. The van der Waals surface area contributed by atoms with E-state index in [0.717, 1.165) is 61.9 Å². The number of rotatable bonds is 8. The number of nitrogens with one attached hydrogen (secondary N) is 1. The Morgan fingerprint density at radius 2 is 2.05 bits per heavy atom. The van der Waals surface area contributed by atoms with Crippen molar-refractivity contribution in [3.63, 3.8) is 0 Å². The standard InChI is InChI=1S/C31H35FN8O3/c1-18-25-5-6-38(26-11-19-9-20(26)10-24(19)35-17-33)7-8-39(25)37-30(18)21-12-27(31-28(42-2)14-36-40(31)15-21)43-29(16-41)23-4-3-22(32)13-34-23/h3-4,12-15,19-20,24,26,29,35,41H,5-11,16H2,1-2H3. The molecule has 224 valence electrons. The maximum Gasteiger partial charge on any atom is 0.176 e. The Hall–Kier alpha value is -4.21. The Morgan fingerprint density at radius 3 is 2.77 bits per heavy atom. The van der Waals surface area contributed by atoms with Crippen LogP contribution in [0.1, 0.15) is 42.3 Å². The molecule has 12 heteroatoms. The molecular weight excluding hydrogens is 551 g/mol. The fourth-order valence-corrected chi connectivity index (χ4v) is 7.58. The maximum atomic E-state index is 13.5. The van der Waals surface area contributed by atoms with Crippen molar-refractivity contribution in [2.45, 2.75) is 57.3 Å². The lowest BCUT2D eigenvalue weighted by Crippen LogP contribution is -2.44. The zero-order valence-electron chi connectivity index (χ0n) is 24.3. The van der Waals surface area contributed by atoms with E-state index in [0.29, 0.717) is 46.6 Å². The number of fused-ring (bicyclic) bond motifs is 4. The van der Waals surface area contributed by atoms with E-state index in [1.807, 2.05) is 12.3 Å². The number of aromatic nitrogens is 5. The fraction of sp³-hybridized carbons (Fsp3) is 0.484. The van der Waals surface area contributed by atoms with Crippen LogP contribution in [-0.2, 0) is 13.0 Å². The van der Waals surface area contributed by atoms with Gasteiger partial charge in [0.15, 0.2) is 29.3 Å². The Kier molecular flexibility index (Phi) is 7.15. The van der Waals surface area contributed by atoms with Gasteiger partial charge in [-0.15, -0.1) is 0 Å². The van der Waals surface area contributed by atoms with Gasteiger partial charge >= 0.3 is 0 Å². The SMILES string of the molecule is COc1cnn2cc(-c3nn4c(c3C)CCN(C3CC5CC3CC5NC#N)CC4)cc(OC(CO)c3ccc(F)cn3)c12. The predicted molar refractivity (Wildman–Crippen MR) is 155 cm³/mol. The smallest absolute Gasteiger partial charge is 0.176 e. The second-order valence-corrected chi connectivity index (χ2v) is 11.9. The van der Waals surface area contributed by atoms with Crippen LogP contribution in [0.25, 0.3) is 16.8 Å². The van der Waals surface area contributed by atoms with Crippen LogP contribution in [0.4, 0.5) is 4.39 Å². The van der Waals surface area contributed by atoms with Gasteiger partial charge in [-0.05, 0) is 61.8 Å². The zero-order valence-corrected chi connectivity index (χ0v) is 24.3. The Balaban J connectivity index is 1.16. The molecule has 2 saturated carbocycles. The predicted octanol–water partition coefficient (Wildman–Crippen LogP) is 3.26. The number of ether oxygens (including phenoxy) is 2. The number of nitrogens with zero attached hydrogens (tertiary/aromatic N) is 7. The molecule has 7 rings (SSSR count). The molecule has 0 aromatic carbocycles. The molecule has 1 aliphatic heterocycles. The quantitative estimate of drug-likeness (QED) is 0.236. The second kappa shape index (κ2) is 11.1. The van der Waals surface area contributed by atoms with Gasteiger partial charge in [0.25, 0.3) is 0 Å². The monoisotopic (exact) mass is 586 g/mol. The molecule has 43 heavy (non-hydrogen) atoms. The lowest BCUT2D eigenvalue weighted by atomic mass is 9.90. The highest BCUT2D eigenvalue weighted by Crippen LogP contribution is 2.47. The highest BCUT2D eigenvalue weighted by Gasteiger charge is 2.48. The normalized spacial score (nSPS) is 24.0. The van der Waals surface area contributed by atoms with E-state index in [2.05, 4.69) is 38.1 Å². The Morgan fingerprint density at radius 1 is 1.16 bits per heavy atom. The summed E-state index contributed by atoms with van der Waals surface area (Å²) in [4.78, 5) is 6.76. The van der Waals surface area contributed by atoms with E-state index >= 15 is 0 Å². The van der Waals surface area contributed by atoms with Gasteiger partial charge in [0.1, 0.15) is 5.82 Å². The van der Waals surface area contributed by atoms with E-state index in [4.69, 9.17) is 19.8 Å². The maximum absolute atomic E-state index is 13.5. The van der Waals surface area contributed by atoms with Crippen LogP contribution in [0.15, 0.2) is 36.8 Å². The second-order valence-electron chi connectivity index (χ2n) is 11.9. The number of hydrogen-bond acceptors (Lipinski definition) is 9. The van der Waals surface area contributed by atoms with Gasteiger partial charge < -0.3 is 19.9 Å². The molecule has 0 radical (unpaired) electrons. The van der Waals surface area contributed by atoms with E-state index in [9.17, 15) is 9.50 Å². The summed E-state index contributed by atoms with van der Waals surface area (Å²) < 4.78 is 29.2. The molecule has 2 N–H and O–H groups in total. The molecule has 11 nitrogen and oxygen atoms in total. The van der Waals surface area contributed by atoms with E-state index in [1.54, 1.807) is 17.8 Å². The van der Waals surface area contributed by atoms with E-state index in [-0.39, 0.29) is 6.61 Å². The summed E-state index contributed by atoms with van der Waals surface area (Å²) in [7, 11) is 1.57. The summed E-state index contributed by atoms with van der Waals surface area (Å²) in [6, 6.07) is 5.62. The molecule has 5 atom stereocenters. The van der Waals surface area contributed by atoms with Gasteiger partial charge in [-0.1, -0.05) is 0 Å². The molecule has 4 aromatic heterocycles. The Labute approximate surface area is 248 Å². The molecule has 0 spiro atoms. The summed E-state index contributed by atoms with van der Waals surface area (Å²) in [5.41, 5.74) is 5.06. The average molecular weight is 587 g/mol. The number of halogens is 1. The van der Waals surface area contributed by atoms with Crippen LogP contribution in [0, 0.1) is 36.0 Å². The average Bonchev–Trinajstić information content (AvgIpc) is 3.77. The van der Waals surface area contributed by atoms with Crippen molar-refractivity contribution in [2.75, 3.05) is 26.8 Å². The highest BCUT2D eigenvalue weighted by molar-refractivity contribution is 5.75. The first-order valence-electron chi connectivity index (χ1n) is 14.9. The van der Waals surface area contributed by atoms with E-state index < -0.39 is 11.9 Å². The van der Waals surface area contributed by atoms with Gasteiger partial charge in [0, 0.05) is 49.0 Å². The summed E-state index contributed by atoms with van der Waals surface area (Å²) in [5.74, 6) is 1.77. The van der Waals surface area contributed by atoms with E-state index in [1.165, 1.54) is 24.2 Å². The van der Waals surface area contributed by atoms with Gasteiger partial charge in [0.05, 0.1) is 44.0 Å². The minimum absolute atomic E-state index is 0.346. The van der Waals surface area contributed by atoms with Crippen molar-refractivity contribution in [1.29, 1.82) is 5.26 Å². The molecule has 0 saturated heterocycles. The van der Waals surface area contributed by atoms with Crippen LogP contribution in [0.2, 0.25) is 0 Å². The summed E-state index contributed by atoms with van der Waals surface area (Å²) >= 11 is 0. The van der Waals surface area contributed by atoms with Crippen molar-refractivity contribution in [3.05, 3.63) is 59.6 Å². The van der Waals surface area contributed by atoms with Crippen LogP contribution in [0.5, 0.6) is 11.5 Å². The van der Waals surface area contributed by atoms with Crippen molar-refractivity contribution in [1.82, 2.24) is 34.6 Å². The third kappa shape index (κ3) is 4.86. The first kappa shape index (κ1) is 27.6. The van der Waals surface area contributed by atoms with Crippen LogP contribution < -0.4 is 14.8 Å². The van der Waals surface area contributed by atoms with Crippen molar-refractivity contribution in [3.8, 4) is 28.9 Å². The molecule has 5 unspecified atom stereocenters. The lowest BCUT2D eigenvalue weighted by Gasteiger charge is -2.35. The topological polar surface area (TPSA) is 126 Å². The number of methoxy groups -OCH3 is 1. The van der Waals surface area contributed by atoms with Gasteiger partial charge in [-0.25, -0.2) is 8.91 Å². The fourth-order valence-electron chi connectivity index (χ4n) is 7.58. The minimum atomic E-state index is -0.818. The third-order valence-corrected chi connectivity index (χ3v) is 9.65. The van der Waals surface area contributed by atoms with Crippen LogP contribution in [0.3, 0.4) is 0 Å². The van der Waals surface area contributed by atoms with Crippen molar-refractivity contribution in [2.24, 2.45) is 11.8 Å². The van der Waals surface area contributed by atoms with Crippen LogP contribution in [-0.4, -0.2) is 73.3 Å². The largest absolute Gasteiger partial charge is 0.493 e. The molecule has 2 aliphatic carbocycles. The Bertz CT molecular complexity index is 1680. The van der Waals surface area contributed by atoms with Crippen molar-refractivity contribution < 1.29 is 19.0 Å². The van der Waals surface area contributed by atoms with Gasteiger partial charge in [-0.2, -0.15) is 15.5 Å². The number of pyridine rings is 2. The van der Waals surface area contributed by atoms with Crippen LogP contribution >= 0.6 is 0 Å². The first-order valence-corrected chi connectivity index (χ1v) is 14.9. The molecule has 5 heterocycles. The van der Waals surface area contributed by atoms with Gasteiger partial charge in [0.2, 0.25) is 0 Å². The third-order valence-electron chi connectivity index (χ3n) is 9.65. The first-order chi connectivity index (χ1) is 21.0. The number of aliphatic hydroxyl groups excluding tert-OH is 1. The minimum Gasteiger partial charge on any atom is -0.493 e. The summed E-state index contributed by atoms with van der Waals surface area (Å²) in [6.07, 6.45) is 10.4. The molecule has 0 amide bonds.